The van der Waals surface area contributed by atoms with Crippen molar-refractivity contribution in [3.63, 3.8) is 0 Å². The molecule has 0 aliphatic carbocycles. The van der Waals surface area contributed by atoms with E-state index in [9.17, 15) is 22.4 Å². The van der Waals surface area contributed by atoms with Crippen molar-refractivity contribution in [1.82, 2.24) is 0 Å². The topological polar surface area (TPSA) is 61.5 Å². The Balaban J connectivity index is 3.14. The third kappa shape index (κ3) is 3.23. The summed E-state index contributed by atoms with van der Waals surface area (Å²) in [5.41, 5.74) is 4.09. The number of halogens is 4. The average molecular weight is 253 g/mol. The number of hydrogen-bond donors (Lipinski definition) is 1. The second-order valence-corrected chi connectivity index (χ2v) is 2.91. The number of anilines is 1. The standard InChI is InChI=1S/C9H7F4NO3/c1-16-8(15)7-5(10)2-4(3-6(7)14)17-9(11,12)13/h2-3H,14H2,1H3. The van der Waals surface area contributed by atoms with Gasteiger partial charge in [-0.1, -0.05) is 0 Å². The van der Waals surface area contributed by atoms with Crippen molar-refractivity contribution in [3.8, 4) is 5.75 Å². The van der Waals surface area contributed by atoms with Crippen LogP contribution in [0.4, 0.5) is 23.2 Å². The number of ether oxygens (including phenoxy) is 2. The Kier molecular flexibility index (Phi) is 3.45. The largest absolute Gasteiger partial charge is 0.573 e. The summed E-state index contributed by atoms with van der Waals surface area (Å²) in [6, 6.07) is 1.08. The molecule has 0 bridgehead atoms. The number of carbonyl (C=O) groups is 1. The highest BCUT2D eigenvalue weighted by molar-refractivity contribution is 5.95. The first-order valence-electron chi connectivity index (χ1n) is 4.17. The number of benzene rings is 1. The highest BCUT2D eigenvalue weighted by atomic mass is 19.4. The van der Waals surface area contributed by atoms with Gasteiger partial charge in [-0.05, 0) is 0 Å². The van der Waals surface area contributed by atoms with Crippen LogP contribution in [0.5, 0.6) is 5.75 Å². The third-order valence-electron chi connectivity index (χ3n) is 1.72. The van der Waals surface area contributed by atoms with Gasteiger partial charge in [0, 0.05) is 12.1 Å². The smallest absolute Gasteiger partial charge is 0.465 e. The van der Waals surface area contributed by atoms with Crippen molar-refractivity contribution in [1.29, 1.82) is 0 Å². The Morgan fingerprint density at radius 3 is 2.35 bits per heavy atom. The van der Waals surface area contributed by atoms with Crippen LogP contribution in [-0.2, 0) is 4.74 Å². The molecule has 1 aromatic carbocycles. The normalized spacial score (nSPS) is 11.1. The van der Waals surface area contributed by atoms with E-state index >= 15 is 0 Å². The molecule has 2 N–H and O–H groups in total. The molecule has 17 heavy (non-hydrogen) atoms. The number of alkyl halides is 3. The number of nitrogens with two attached hydrogens (primary N) is 1. The lowest BCUT2D eigenvalue weighted by Gasteiger charge is -2.11. The van der Waals surface area contributed by atoms with E-state index in [0.717, 1.165) is 7.11 Å². The molecule has 0 radical (unpaired) electrons. The minimum atomic E-state index is -4.97. The van der Waals surface area contributed by atoms with E-state index < -0.39 is 35.1 Å². The first kappa shape index (κ1) is 13.1. The summed E-state index contributed by atoms with van der Waals surface area (Å²) in [5.74, 6) is -3.19. The zero-order valence-electron chi connectivity index (χ0n) is 8.47. The first-order chi connectivity index (χ1) is 7.74. The van der Waals surface area contributed by atoms with Crippen molar-refractivity contribution in [2.75, 3.05) is 12.8 Å². The molecule has 0 heterocycles. The summed E-state index contributed by atoms with van der Waals surface area (Å²) in [6.45, 7) is 0. The lowest BCUT2D eigenvalue weighted by atomic mass is 10.1. The van der Waals surface area contributed by atoms with Gasteiger partial charge in [0.25, 0.3) is 0 Å². The van der Waals surface area contributed by atoms with Crippen molar-refractivity contribution in [2.45, 2.75) is 6.36 Å². The van der Waals surface area contributed by atoms with E-state index in [1.165, 1.54) is 0 Å². The quantitative estimate of drug-likeness (QED) is 0.498. The van der Waals surface area contributed by atoms with Crippen LogP contribution in [0.1, 0.15) is 10.4 Å². The van der Waals surface area contributed by atoms with Gasteiger partial charge in [0.2, 0.25) is 0 Å². The van der Waals surface area contributed by atoms with Crippen LogP contribution in [0.3, 0.4) is 0 Å². The van der Waals surface area contributed by atoms with Gasteiger partial charge in [0.1, 0.15) is 17.1 Å². The van der Waals surface area contributed by atoms with E-state index in [4.69, 9.17) is 5.73 Å². The van der Waals surface area contributed by atoms with Crippen molar-refractivity contribution in [3.05, 3.63) is 23.5 Å². The molecule has 0 fully saturated rings. The van der Waals surface area contributed by atoms with Gasteiger partial charge in [-0.3, -0.25) is 0 Å². The summed E-state index contributed by atoms with van der Waals surface area (Å²) < 4.78 is 56.5. The summed E-state index contributed by atoms with van der Waals surface area (Å²) in [7, 11) is 0.987. The van der Waals surface area contributed by atoms with Crippen LogP contribution < -0.4 is 10.5 Å². The van der Waals surface area contributed by atoms with E-state index in [2.05, 4.69) is 9.47 Å². The molecule has 1 aromatic rings. The predicted octanol–water partition coefficient (Wildman–Crippen LogP) is 2.09. The number of carbonyl (C=O) groups excluding carboxylic acids is 1. The van der Waals surface area contributed by atoms with Gasteiger partial charge in [0.05, 0.1) is 12.8 Å². The summed E-state index contributed by atoms with van der Waals surface area (Å²) in [5, 5.41) is 0. The SMILES string of the molecule is COC(=O)c1c(N)cc(OC(F)(F)F)cc1F. The van der Waals surface area contributed by atoms with Crippen LogP contribution in [-0.4, -0.2) is 19.4 Å². The average Bonchev–Trinajstić information content (AvgIpc) is 2.13. The fourth-order valence-corrected chi connectivity index (χ4v) is 1.11. The zero-order chi connectivity index (χ0) is 13.2. The summed E-state index contributed by atoms with van der Waals surface area (Å²) in [4.78, 5) is 11.0. The van der Waals surface area contributed by atoms with Crippen LogP contribution in [0.2, 0.25) is 0 Å². The maximum Gasteiger partial charge on any atom is 0.573 e. The second kappa shape index (κ2) is 4.48. The summed E-state index contributed by atoms with van der Waals surface area (Å²) >= 11 is 0. The first-order valence-corrected chi connectivity index (χ1v) is 4.17. The number of nitrogen functional groups attached to an aromatic ring is 1. The zero-order valence-corrected chi connectivity index (χ0v) is 8.47. The molecule has 0 saturated carbocycles. The lowest BCUT2D eigenvalue weighted by Crippen LogP contribution is -2.18. The monoisotopic (exact) mass is 253 g/mol. The van der Waals surface area contributed by atoms with E-state index in [1.807, 2.05) is 0 Å². The Morgan fingerprint density at radius 2 is 1.94 bits per heavy atom. The van der Waals surface area contributed by atoms with Crippen LogP contribution in [0.25, 0.3) is 0 Å². The number of rotatable bonds is 2. The van der Waals surface area contributed by atoms with E-state index in [1.54, 1.807) is 0 Å². The highest BCUT2D eigenvalue weighted by Gasteiger charge is 2.32. The third-order valence-corrected chi connectivity index (χ3v) is 1.72. The van der Waals surface area contributed by atoms with E-state index in [-0.39, 0.29) is 0 Å². The minimum absolute atomic E-state index is 0.399. The van der Waals surface area contributed by atoms with Crippen molar-refractivity contribution < 1.29 is 31.8 Å². The van der Waals surface area contributed by atoms with Gasteiger partial charge >= 0.3 is 12.3 Å². The molecule has 4 nitrogen and oxygen atoms in total. The minimum Gasteiger partial charge on any atom is -0.465 e. The van der Waals surface area contributed by atoms with Crippen LogP contribution >= 0.6 is 0 Å². The lowest BCUT2D eigenvalue weighted by molar-refractivity contribution is -0.274. The molecular formula is C9H7F4NO3. The highest BCUT2D eigenvalue weighted by Crippen LogP contribution is 2.28. The molecule has 94 valence electrons. The Bertz CT molecular complexity index is 421. The molecule has 0 unspecified atom stereocenters. The molecule has 0 amide bonds. The van der Waals surface area contributed by atoms with Crippen LogP contribution in [0.15, 0.2) is 12.1 Å². The summed E-state index contributed by atoms with van der Waals surface area (Å²) in [6.07, 6.45) is -4.97. The van der Waals surface area contributed by atoms with Gasteiger partial charge in [-0.15, -0.1) is 13.2 Å². The Hall–Kier alpha value is -1.99. The molecule has 0 aromatic heterocycles. The van der Waals surface area contributed by atoms with Crippen molar-refractivity contribution >= 4 is 11.7 Å². The van der Waals surface area contributed by atoms with E-state index in [0.29, 0.717) is 12.1 Å². The number of methoxy groups -OCH3 is 1. The molecule has 1 rings (SSSR count). The molecular weight excluding hydrogens is 246 g/mol. The molecule has 0 aliphatic heterocycles. The van der Waals surface area contributed by atoms with Crippen molar-refractivity contribution in [2.24, 2.45) is 0 Å². The molecule has 8 heteroatoms. The van der Waals surface area contributed by atoms with Gasteiger partial charge < -0.3 is 15.2 Å². The fourth-order valence-electron chi connectivity index (χ4n) is 1.11. The maximum absolute atomic E-state index is 13.3. The van der Waals surface area contributed by atoms with Crippen LogP contribution in [0, 0.1) is 5.82 Å². The van der Waals surface area contributed by atoms with Gasteiger partial charge in [0.15, 0.2) is 0 Å². The molecule has 0 atom stereocenters. The molecule has 0 spiro atoms. The number of hydrogen-bond acceptors (Lipinski definition) is 4. The van der Waals surface area contributed by atoms with Gasteiger partial charge in [-0.25, -0.2) is 9.18 Å². The number of esters is 1. The van der Waals surface area contributed by atoms with Gasteiger partial charge in [-0.2, -0.15) is 0 Å². The Morgan fingerprint density at radius 1 is 1.35 bits per heavy atom. The fraction of sp³-hybridized carbons (Fsp3) is 0.222. The second-order valence-electron chi connectivity index (χ2n) is 2.91. The Labute approximate surface area is 92.9 Å². The predicted molar refractivity (Wildman–Crippen MR) is 48.8 cm³/mol. The molecule has 0 saturated heterocycles. The molecule has 0 aliphatic rings. The maximum atomic E-state index is 13.3.